The van der Waals surface area contributed by atoms with Crippen molar-refractivity contribution < 1.29 is 13.9 Å². The normalized spacial score (nSPS) is 12.9. The van der Waals surface area contributed by atoms with Gasteiger partial charge in [-0.05, 0) is 23.4 Å². The Kier molecular flexibility index (Phi) is 3.37. The summed E-state index contributed by atoms with van der Waals surface area (Å²) >= 11 is 5.57. The molecule has 0 aliphatic heterocycles. The predicted octanol–water partition coefficient (Wildman–Crippen LogP) is 2.03. The van der Waals surface area contributed by atoms with Gasteiger partial charge in [-0.1, -0.05) is 0 Å². The molecular weight excluding hydrogens is 287 g/mol. The zero-order valence-corrected chi connectivity index (χ0v) is 11.0. The van der Waals surface area contributed by atoms with Crippen LogP contribution in [-0.2, 0) is 12.4 Å². The second-order valence-corrected chi connectivity index (χ2v) is 4.51. The monoisotopic (exact) mass is 296 g/mol. The molecule has 1 atom stereocenters. The number of hydrogen-bond acceptors (Lipinski definition) is 5. The minimum atomic E-state index is -0.956. The lowest BCUT2D eigenvalue weighted by Gasteiger charge is -2.05. The minimum absolute atomic E-state index is 0.0756. The number of fused-ring (bicyclic) bond motifs is 1. The molecule has 1 N–H and O–H groups in total. The topological polar surface area (TPSA) is 77.0 Å². The first-order valence-electron chi connectivity index (χ1n) is 5.85. The molecule has 20 heavy (non-hydrogen) atoms. The summed E-state index contributed by atoms with van der Waals surface area (Å²) in [5, 5.41) is 22.2. The SMILES string of the molecule is O[C@@H](Cn1nnc(CCl)n1)c1cc2ccc(F)cc2o1. The molecule has 0 saturated heterocycles. The molecule has 2 heterocycles. The van der Waals surface area contributed by atoms with Crippen molar-refractivity contribution >= 4 is 22.6 Å². The molecule has 0 saturated carbocycles. The third kappa shape index (κ3) is 2.50. The average Bonchev–Trinajstić information content (AvgIpc) is 3.04. The number of halogens is 2. The van der Waals surface area contributed by atoms with Gasteiger partial charge in [-0.2, -0.15) is 4.80 Å². The van der Waals surface area contributed by atoms with E-state index in [2.05, 4.69) is 15.4 Å². The van der Waals surface area contributed by atoms with E-state index in [1.54, 1.807) is 12.1 Å². The third-order valence-electron chi connectivity index (χ3n) is 2.78. The Bertz CT molecular complexity index is 742. The van der Waals surface area contributed by atoms with Crippen molar-refractivity contribution in [3.05, 3.63) is 41.7 Å². The van der Waals surface area contributed by atoms with E-state index in [1.165, 1.54) is 16.9 Å². The first-order valence-corrected chi connectivity index (χ1v) is 6.39. The summed E-state index contributed by atoms with van der Waals surface area (Å²) in [7, 11) is 0. The van der Waals surface area contributed by atoms with Crippen LogP contribution < -0.4 is 0 Å². The van der Waals surface area contributed by atoms with E-state index in [0.29, 0.717) is 22.6 Å². The molecule has 8 heteroatoms. The maximum atomic E-state index is 13.1. The number of rotatable bonds is 4. The van der Waals surface area contributed by atoms with Gasteiger partial charge < -0.3 is 9.52 Å². The van der Waals surface area contributed by atoms with Gasteiger partial charge in [-0.15, -0.1) is 21.8 Å². The fraction of sp³-hybridized carbons (Fsp3) is 0.250. The van der Waals surface area contributed by atoms with Gasteiger partial charge in [0, 0.05) is 11.5 Å². The Morgan fingerprint density at radius 2 is 2.25 bits per heavy atom. The highest BCUT2D eigenvalue weighted by molar-refractivity contribution is 6.16. The van der Waals surface area contributed by atoms with Gasteiger partial charge in [0.1, 0.15) is 23.3 Å². The van der Waals surface area contributed by atoms with Gasteiger partial charge >= 0.3 is 0 Å². The molecule has 3 aromatic rings. The van der Waals surface area contributed by atoms with Crippen LogP contribution in [0.15, 0.2) is 28.7 Å². The summed E-state index contributed by atoms with van der Waals surface area (Å²) in [6.45, 7) is 0.0756. The molecule has 2 aromatic heterocycles. The van der Waals surface area contributed by atoms with Gasteiger partial charge in [-0.25, -0.2) is 4.39 Å². The molecule has 104 valence electrons. The number of aliphatic hydroxyl groups excluding tert-OH is 1. The van der Waals surface area contributed by atoms with E-state index in [1.807, 2.05) is 0 Å². The molecule has 0 fully saturated rings. The number of hydrogen-bond donors (Lipinski definition) is 1. The first kappa shape index (κ1) is 13.0. The van der Waals surface area contributed by atoms with Crippen molar-refractivity contribution in [2.45, 2.75) is 18.5 Å². The lowest BCUT2D eigenvalue weighted by atomic mass is 10.2. The molecule has 0 amide bonds. The molecule has 6 nitrogen and oxygen atoms in total. The van der Waals surface area contributed by atoms with Crippen LogP contribution in [-0.4, -0.2) is 25.3 Å². The number of benzene rings is 1. The Hall–Kier alpha value is -1.99. The summed E-state index contributed by atoms with van der Waals surface area (Å²) in [5.41, 5.74) is 0.382. The maximum absolute atomic E-state index is 13.1. The summed E-state index contributed by atoms with van der Waals surface area (Å²) in [5.74, 6) is 0.457. The van der Waals surface area contributed by atoms with Crippen LogP contribution in [0, 0.1) is 5.82 Å². The van der Waals surface area contributed by atoms with Crippen LogP contribution >= 0.6 is 11.6 Å². The van der Waals surface area contributed by atoms with Crippen molar-refractivity contribution in [2.75, 3.05) is 0 Å². The number of tetrazole rings is 1. The zero-order valence-electron chi connectivity index (χ0n) is 10.2. The Morgan fingerprint density at radius 3 is 3.00 bits per heavy atom. The Labute approximate surface area is 117 Å². The van der Waals surface area contributed by atoms with E-state index < -0.39 is 11.9 Å². The predicted molar refractivity (Wildman–Crippen MR) is 68.5 cm³/mol. The molecule has 0 spiro atoms. The molecule has 0 unspecified atom stereocenters. The standard InChI is InChI=1S/C12H10ClFN4O2/c13-5-12-15-17-18(16-12)6-9(19)11-3-7-1-2-8(14)4-10(7)20-11/h1-4,9,19H,5-6H2/t9-/m0/s1. The largest absolute Gasteiger partial charge is 0.458 e. The van der Waals surface area contributed by atoms with Crippen molar-refractivity contribution in [2.24, 2.45) is 0 Å². The van der Waals surface area contributed by atoms with Crippen LogP contribution in [0.2, 0.25) is 0 Å². The highest BCUT2D eigenvalue weighted by Crippen LogP contribution is 2.25. The number of aliphatic hydroxyl groups is 1. The quantitative estimate of drug-likeness (QED) is 0.745. The number of nitrogens with zero attached hydrogens (tertiary/aromatic N) is 4. The zero-order chi connectivity index (χ0) is 14.1. The third-order valence-corrected chi connectivity index (χ3v) is 3.02. The molecule has 0 aliphatic carbocycles. The van der Waals surface area contributed by atoms with Crippen molar-refractivity contribution in [1.29, 1.82) is 0 Å². The van der Waals surface area contributed by atoms with Crippen LogP contribution in [0.1, 0.15) is 17.7 Å². The lowest BCUT2D eigenvalue weighted by Crippen LogP contribution is -2.11. The molecule has 0 aliphatic rings. The van der Waals surface area contributed by atoms with Crippen molar-refractivity contribution in [1.82, 2.24) is 20.2 Å². The summed E-state index contributed by atoms with van der Waals surface area (Å²) in [6.07, 6.45) is -0.956. The van der Waals surface area contributed by atoms with E-state index >= 15 is 0 Å². The fourth-order valence-corrected chi connectivity index (χ4v) is 1.95. The molecule has 0 radical (unpaired) electrons. The highest BCUT2D eigenvalue weighted by atomic mass is 35.5. The van der Waals surface area contributed by atoms with Crippen molar-refractivity contribution in [3.63, 3.8) is 0 Å². The molecular formula is C12H10ClFN4O2. The van der Waals surface area contributed by atoms with Gasteiger partial charge in [0.25, 0.3) is 0 Å². The number of alkyl halides is 1. The van der Waals surface area contributed by atoms with Crippen LogP contribution in [0.25, 0.3) is 11.0 Å². The minimum Gasteiger partial charge on any atom is -0.458 e. The molecule has 3 rings (SSSR count). The molecule has 0 bridgehead atoms. The van der Waals surface area contributed by atoms with Gasteiger partial charge in [0.05, 0.1) is 12.4 Å². The fourth-order valence-electron chi connectivity index (χ4n) is 1.84. The number of aromatic nitrogens is 4. The van der Waals surface area contributed by atoms with E-state index in [4.69, 9.17) is 16.0 Å². The Balaban J connectivity index is 1.82. The molecule has 1 aromatic carbocycles. The lowest BCUT2D eigenvalue weighted by molar-refractivity contribution is 0.122. The van der Waals surface area contributed by atoms with Crippen LogP contribution in [0.5, 0.6) is 0 Å². The van der Waals surface area contributed by atoms with E-state index in [-0.39, 0.29) is 12.4 Å². The summed E-state index contributed by atoms with van der Waals surface area (Å²) < 4.78 is 18.5. The van der Waals surface area contributed by atoms with Crippen LogP contribution in [0.4, 0.5) is 4.39 Å². The summed E-state index contributed by atoms with van der Waals surface area (Å²) in [6, 6.07) is 5.84. The highest BCUT2D eigenvalue weighted by Gasteiger charge is 2.16. The van der Waals surface area contributed by atoms with Gasteiger partial charge in [-0.3, -0.25) is 0 Å². The first-order chi connectivity index (χ1) is 9.65. The van der Waals surface area contributed by atoms with Gasteiger partial charge in [0.2, 0.25) is 0 Å². The van der Waals surface area contributed by atoms with E-state index in [0.717, 1.165) is 0 Å². The Morgan fingerprint density at radius 1 is 1.40 bits per heavy atom. The maximum Gasteiger partial charge on any atom is 0.189 e. The summed E-state index contributed by atoms with van der Waals surface area (Å²) in [4.78, 5) is 1.23. The second kappa shape index (κ2) is 5.18. The number of furan rings is 1. The van der Waals surface area contributed by atoms with Crippen LogP contribution in [0.3, 0.4) is 0 Å². The smallest absolute Gasteiger partial charge is 0.189 e. The van der Waals surface area contributed by atoms with E-state index in [9.17, 15) is 9.50 Å². The van der Waals surface area contributed by atoms with Gasteiger partial charge in [0.15, 0.2) is 5.82 Å². The average molecular weight is 297 g/mol. The van der Waals surface area contributed by atoms with Crippen molar-refractivity contribution in [3.8, 4) is 0 Å². The second-order valence-electron chi connectivity index (χ2n) is 4.24.